The molecule has 3 rings (SSSR count). The summed E-state index contributed by atoms with van der Waals surface area (Å²) in [5.74, 6) is -0.0935. The van der Waals surface area contributed by atoms with Crippen molar-refractivity contribution < 1.29 is 9.53 Å². The Hall–Kier alpha value is -2.73. The second kappa shape index (κ2) is 7.02. The number of aromatic nitrogens is 3. The molecule has 6 nitrogen and oxygen atoms in total. The third-order valence-corrected chi connectivity index (χ3v) is 3.58. The fourth-order valence-corrected chi connectivity index (χ4v) is 2.43. The molecule has 0 unspecified atom stereocenters. The molecule has 2 N–H and O–H groups in total. The van der Waals surface area contributed by atoms with Gasteiger partial charge >= 0.3 is 0 Å². The minimum Gasteiger partial charge on any atom is -0.385 e. The van der Waals surface area contributed by atoms with Crippen LogP contribution < -0.4 is 5.32 Å². The highest BCUT2D eigenvalue weighted by molar-refractivity contribution is 6.01. The van der Waals surface area contributed by atoms with Crippen molar-refractivity contribution in [2.75, 3.05) is 20.3 Å². The average Bonchev–Trinajstić information content (AvgIpc) is 3.06. The minimum absolute atomic E-state index is 0.0935. The van der Waals surface area contributed by atoms with E-state index in [4.69, 9.17) is 4.74 Å². The maximum absolute atomic E-state index is 12.4. The SMILES string of the molecule is COCCCNC(=O)c1ccccc1-c1cnc2[nH]ncc2c1. The fourth-order valence-electron chi connectivity index (χ4n) is 2.43. The summed E-state index contributed by atoms with van der Waals surface area (Å²) in [5.41, 5.74) is 3.11. The van der Waals surface area contributed by atoms with E-state index in [0.29, 0.717) is 18.7 Å². The molecule has 3 aromatic rings. The Kier molecular flexibility index (Phi) is 4.63. The van der Waals surface area contributed by atoms with Gasteiger partial charge in [-0.25, -0.2) is 4.98 Å². The topological polar surface area (TPSA) is 79.9 Å². The van der Waals surface area contributed by atoms with E-state index in [1.165, 1.54) is 0 Å². The highest BCUT2D eigenvalue weighted by atomic mass is 16.5. The van der Waals surface area contributed by atoms with Crippen molar-refractivity contribution in [3.63, 3.8) is 0 Å². The average molecular weight is 310 g/mol. The van der Waals surface area contributed by atoms with Gasteiger partial charge in [-0.05, 0) is 24.1 Å². The molecule has 0 bridgehead atoms. The van der Waals surface area contributed by atoms with Crippen molar-refractivity contribution in [3.05, 3.63) is 48.3 Å². The van der Waals surface area contributed by atoms with Crippen LogP contribution in [0.3, 0.4) is 0 Å². The summed E-state index contributed by atoms with van der Waals surface area (Å²) in [4.78, 5) is 16.8. The number of aromatic amines is 1. The standard InChI is InChI=1S/C17H18N4O2/c1-23-8-4-7-18-17(22)15-6-3-2-5-14(15)12-9-13-11-20-21-16(13)19-10-12/h2-3,5-6,9-11H,4,7-8H2,1H3,(H,18,22)(H,19,20,21). The molecule has 1 aromatic carbocycles. The van der Waals surface area contributed by atoms with E-state index < -0.39 is 0 Å². The maximum Gasteiger partial charge on any atom is 0.251 e. The number of methoxy groups -OCH3 is 1. The molecule has 118 valence electrons. The van der Waals surface area contributed by atoms with Gasteiger partial charge in [0.25, 0.3) is 5.91 Å². The summed E-state index contributed by atoms with van der Waals surface area (Å²) in [5, 5.41) is 10.6. The van der Waals surface area contributed by atoms with E-state index in [1.54, 1.807) is 19.5 Å². The number of benzene rings is 1. The molecule has 0 radical (unpaired) electrons. The lowest BCUT2D eigenvalue weighted by Gasteiger charge is -2.10. The van der Waals surface area contributed by atoms with Gasteiger partial charge < -0.3 is 10.1 Å². The normalized spacial score (nSPS) is 10.8. The Morgan fingerprint density at radius 3 is 3.04 bits per heavy atom. The highest BCUT2D eigenvalue weighted by Gasteiger charge is 2.13. The number of amides is 1. The van der Waals surface area contributed by atoms with Crippen molar-refractivity contribution in [2.24, 2.45) is 0 Å². The Balaban J connectivity index is 1.86. The number of rotatable bonds is 6. The zero-order valence-electron chi connectivity index (χ0n) is 12.9. The van der Waals surface area contributed by atoms with Gasteiger partial charge in [-0.1, -0.05) is 18.2 Å². The van der Waals surface area contributed by atoms with Crippen LogP contribution in [0.5, 0.6) is 0 Å². The molecule has 0 fully saturated rings. The van der Waals surface area contributed by atoms with Crippen molar-refractivity contribution in [1.29, 1.82) is 0 Å². The number of nitrogens with one attached hydrogen (secondary N) is 2. The molecule has 0 saturated carbocycles. The second-order valence-corrected chi connectivity index (χ2v) is 5.18. The molecule has 2 aromatic heterocycles. The first kappa shape index (κ1) is 15.2. The van der Waals surface area contributed by atoms with Crippen LogP contribution in [0.15, 0.2) is 42.7 Å². The highest BCUT2D eigenvalue weighted by Crippen LogP contribution is 2.25. The number of H-pyrrole nitrogens is 1. The van der Waals surface area contributed by atoms with Crippen LogP contribution in [0.4, 0.5) is 0 Å². The third kappa shape index (κ3) is 3.37. The predicted molar refractivity (Wildman–Crippen MR) is 88.2 cm³/mol. The Bertz CT molecular complexity index is 813. The summed E-state index contributed by atoms with van der Waals surface area (Å²) < 4.78 is 4.99. The summed E-state index contributed by atoms with van der Waals surface area (Å²) in [7, 11) is 1.65. The molecule has 0 saturated heterocycles. The van der Waals surface area contributed by atoms with Gasteiger partial charge in [-0.3, -0.25) is 9.89 Å². The molecule has 6 heteroatoms. The van der Waals surface area contributed by atoms with E-state index in [9.17, 15) is 4.79 Å². The van der Waals surface area contributed by atoms with Gasteiger partial charge in [-0.2, -0.15) is 5.10 Å². The molecule has 23 heavy (non-hydrogen) atoms. The zero-order valence-corrected chi connectivity index (χ0v) is 12.9. The van der Waals surface area contributed by atoms with E-state index in [0.717, 1.165) is 28.6 Å². The van der Waals surface area contributed by atoms with Crippen LogP contribution in [0, 0.1) is 0 Å². The fraction of sp³-hybridized carbons (Fsp3) is 0.235. The molecule has 2 heterocycles. The second-order valence-electron chi connectivity index (χ2n) is 5.18. The van der Waals surface area contributed by atoms with Crippen molar-refractivity contribution in [1.82, 2.24) is 20.5 Å². The van der Waals surface area contributed by atoms with Crippen LogP contribution in [0.25, 0.3) is 22.2 Å². The third-order valence-electron chi connectivity index (χ3n) is 3.58. The maximum atomic E-state index is 12.4. The largest absolute Gasteiger partial charge is 0.385 e. The van der Waals surface area contributed by atoms with Crippen molar-refractivity contribution in [2.45, 2.75) is 6.42 Å². The number of carbonyl (C=O) groups excluding carboxylic acids is 1. The van der Waals surface area contributed by atoms with Crippen LogP contribution in [-0.2, 0) is 4.74 Å². The van der Waals surface area contributed by atoms with Gasteiger partial charge in [0.1, 0.15) is 0 Å². The molecule has 0 atom stereocenters. The summed E-state index contributed by atoms with van der Waals surface area (Å²) in [6, 6.07) is 9.49. The molecule has 0 spiro atoms. The van der Waals surface area contributed by atoms with E-state index in [2.05, 4.69) is 20.5 Å². The number of hydrogen-bond acceptors (Lipinski definition) is 4. The van der Waals surface area contributed by atoms with Gasteiger partial charge in [0.05, 0.1) is 6.20 Å². The molecular formula is C17H18N4O2. The first-order chi connectivity index (χ1) is 11.3. The quantitative estimate of drug-likeness (QED) is 0.685. The van der Waals surface area contributed by atoms with E-state index in [-0.39, 0.29) is 5.91 Å². The van der Waals surface area contributed by atoms with Gasteiger partial charge in [0, 0.05) is 43.0 Å². The number of fused-ring (bicyclic) bond motifs is 1. The molecule has 0 aliphatic carbocycles. The predicted octanol–water partition coefficient (Wildman–Crippen LogP) is 2.39. The van der Waals surface area contributed by atoms with Gasteiger partial charge in [0.2, 0.25) is 0 Å². The Morgan fingerprint density at radius 1 is 1.30 bits per heavy atom. The van der Waals surface area contributed by atoms with E-state index in [1.807, 2.05) is 30.3 Å². The van der Waals surface area contributed by atoms with Crippen LogP contribution in [-0.4, -0.2) is 41.3 Å². The first-order valence-electron chi connectivity index (χ1n) is 7.45. The van der Waals surface area contributed by atoms with Gasteiger partial charge in [-0.15, -0.1) is 0 Å². The monoisotopic (exact) mass is 310 g/mol. The van der Waals surface area contributed by atoms with Crippen LogP contribution in [0.1, 0.15) is 16.8 Å². The first-order valence-corrected chi connectivity index (χ1v) is 7.45. The molecule has 1 amide bonds. The van der Waals surface area contributed by atoms with Crippen LogP contribution in [0.2, 0.25) is 0 Å². The van der Waals surface area contributed by atoms with E-state index >= 15 is 0 Å². The van der Waals surface area contributed by atoms with Crippen LogP contribution >= 0.6 is 0 Å². The minimum atomic E-state index is -0.0935. The van der Waals surface area contributed by atoms with Crippen molar-refractivity contribution >= 4 is 16.9 Å². The number of carbonyl (C=O) groups is 1. The summed E-state index contributed by atoms with van der Waals surface area (Å²) in [6.45, 7) is 1.21. The zero-order chi connectivity index (χ0) is 16.1. The lowest BCUT2D eigenvalue weighted by molar-refractivity contribution is 0.0949. The molecule has 0 aliphatic heterocycles. The number of pyridine rings is 1. The summed E-state index contributed by atoms with van der Waals surface area (Å²) in [6.07, 6.45) is 4.25. The number of nitrogens with zero attached hydrogens (tertiary/aromatic N) is 2. The number of ether oxygens (including phenoxy) is 1. The number of hydrogen-bond donors (Lipinski definition) is 2. The Labute approximate surface area is 133 Å². The summed E-state index contributed by atoms with van der Waals surface area (Å²) >= 11 is 0. The molecular weight excluding hydrogens is 292 g/mol. The lowest BCUT2D eigenvalue weighted by Crippen LogP contribution is -2.25. The lowest BCUT2D eigenvalue weighted by atomic mass is 10.00. The van der Waals surface area contributed by atoms with Crippen molar-refractivity contribution in [3.8, 4) is 11.1 Å². The smallest absolute Gasteiger partial charge is 0.251 e. The Morgan fingerprint density at radius 2 is 2.17 bits per heavy atom. The molecule has 0 aliphatic rings. The van der Waals surface area contributed by atoms with Gasteiger partial charge in [0.15, 0.2) is 5.65 Å².